The first kappa shape index (κ1) is 21.1. The van der Waals surface area contributed by atoms with Gasteiger partial charge in [0, 0.05) is 12.8 Å². The van der Waals surface area contributed by atoms with Crippen molar-refractivity contribution in [2.75, 3.05) is 0 Å². The first-order valence-corrected chi connectivity index (χ1v) is 12.3. The van der Waals surface area contributed by atoms with Gasteiger partial charge >= 0.3 is 0 Å². The highest BCUT2D eigenvalue weighted by Gasteiger charge is 2.56. The van der Waals surface area contributed by atoms with Crippen molar-refractivity contribution in [3.8, 4) is 0 Å². The molecule has 160 valence electrons. The molecule has 0 heterocycles. The van der Waals surface area contributed by atoms with Crippen molar-refractivity contribution in [3.05, 3.63) is 35.5 Å². The summed E-state index contributed by atoms with van der Waals surface area (Å²) in [5.41, 5.74) is 3.86. The van der Waals surface area contributed by atoms with Crippen molar-refractivity contribution < 1.29 is 4.79 Å². The highest BCUT2D eigenvalue weighted by atomic mass is 16.1. The van der Waals surface area contributed by atoms with E-state index in [-0.39, 0.29) is 5.41 Å². The summed E-state index contributed by atoms with van der Waals surface area (Å²) < 4.78 is 0. The number of hydrogen-bond donors (Lipinski definition) is 0. The fourth-order valence-corrected chi connectivity index (χ4v) is 7.43. The lowest BCUT2D eigenvalue weighted by atomic mass is 9.50. The Kier molecular flexibility index (Phi) is 5.50. The molecule has 3 saturated carbocycles. The second kappa shape index (κ2) is 7.54. The van der Waals surface area contributed by atoms with Crippen molar-refractivity contribution in [1.29, 1.82) is 0 Å². The zero-order valence-electron chi connectivity index (χ0n) is 19.6. The number of fused-ring (bicyclic) bond motifs is 5. The lowest BCUT2D eigenvalue weighted by Gasteiger charge is -2.54. The van der Waals surface area contributed by atoms with E-state index in [4.69, 9.17) is 0 Å². The zero-order valence-corrected chi connectivity index (χ0v) is 19.6. The van der Waals surface area contributed by atoms with Gasteiger partial charge in [0.25, 0.3) is 0 Å². The molecule has 0 amide bonds. The van der Waals surface area contributed by atoms with E-state index in [9.17, 15) is 4.79 Å². The second-order valence-corrected chi connectivity index (χ2v) is 11.7. The van der Waals surface area contributed by atoms with Crippen molar-refractivity contribution in [1.82, 2.24) is 0 Å². The Balaban J connectivity index is 1.57. The second-order valence-electron chi connectivity index (χ2n) is 11.7. The molecule has 0 saturated heterocycles. The quantitative estimate of drug-likeness (QED) is 0.450. The van der Waals surface area contributed by atoms with Gasteiger partial charge in [0.05, 0.1) is 0 Å². The van der Waals surface area contributed by atoms with Gasteiger partial charge in [-0.25, -0.2) is 0 Å². The third-order valence-electron chi connectivity index (χ3n) is 9.88. The van der Waals surface area contributed by atoms with Gasteiger partial charge in [0.15, 0.2) is 0 Å². The minimum absolute atomic E-state index is 0.246. The Bertz CT molecular complexity index is 752. The molecule has 7 atom stereocenters. The topological polar surface area (TPSA) is 17.1 Å². The van der Waals surface area contributed by atoms with Crippen LogP contribution in [0.4, 0.5) is 0 Å². The highest BCUT2D eigenvalue weighted by Crippen LogP contribution is 2.65. The highest BCUT2D eigenvalue weighted by molar-refractivity contribution is 5.83. The van der Waals surface area contributed by atoms with Crippen LogP contribution in [-0.2, 0) is 4.79 Å². The number of allylic oxidation sites excluding steroid dienone is 6. The Morgan fingerprint density at radius 3 is 2.45 bits per heavy atom. The molecular formula is C28H42O. The lowest BCUT2D eigenvalue weighted by molar-refractivity contribution is -0.120. The van der Waals surface area contributed by atoms with Crippen LogP contribution in [0, 0.1) is 46.3 Å². The third-order valence-corrected chi connectivity index (χ3v) is 9.88. The van der Waals surface area contributed by atoms with E-state index >= 15 is 0 Å². The number of carbonyl (C=O) groups excluding carboxylic acids is 1. The minimum atomic E-state index is 0.246. The van der Waals surface area contributed by atoms with E-state index in [1.54, 1.807) is 5.57 Å². The van der Waals surface area contributed by atoms with Crippen LogP contribution in [0.5, 0.6) is 0 Å². The maximum Gasteiger partial charge on any atom is 0.136 e. The molecule has 0 spiro atoms. The summed E-state index contributed by atoms with van der Waals surface area (Å²) in [6.45, 7) is 14.5. The molecule has 4 aliphatic carbocycles. The molecule has 0 aromatic rings. The maximum absolute atomic E-state index is 12.1. The number of ketones is 1. The molecule has 0 aromatic heterocycles. The van der Waals surface area contributed by atoms with Crippen LogP contribution in [-0.4, -0.2) is 5.78 Å². The van der Waals surface area contributed by atoms with Crippen LogP contribution in [0.3, 0.4) is 0 Å². The summed E-state index contributed by atoms with van der Waals surface area (Å²) >= 11 is 0. The lowest BCUT2D eigenvalue weighted by Crippen LogP contribution is -2.46. The molecule has 0 bridgehead atoms. The Morgan fingerprint density at radius 2 is 1.72 bits per heavy atom. The molecule has 0 aliphatic heterocycles. The third kappa shape index (κ3) is 3.41. The molecule has 0 aromatic carbocycles. The van der Waals surface area contributed by atoms with E-state index < -0.39 is 0 Å². The monoisotopic (exact) mass is 394 g/mol. The Hall–Kier alpha value is -1.11. The van der Waals surface area contributed by atoms with Crippen LogP contribution in [0.25, 0.3) is 0 Å². The first-order valence-electron chi connectivity index (χ1n) is 12.3. The maximum atomic E-state index is 12.1. The van der Waals surface area contributed by atoms with Crippen LogP contribution >= 0.6 is 0 Å². The number of rotatable bonds is 4. The molecule has 1 nitrogen and oxygen atoms in total. The molecule has 0 unspecified atom stereocenters. The van der Waals surface area contributed by atoms with Crippen molar-refractivity contribution in [2.45, 2.75) is 86.5 Å². The minimum Gasteiger partial charge on any atom is -0.299 e. The molecule has 3 fully saturated rings. The normalized spacial score (nSPS) is 41.5. The van der Waals surface area contributed by atoms with Crippen molar-refractivity contribution >= 4 is 5.78 Å². The summed E-state index contributed by atoms with van der Waals surface area (Å²) in [5.74, 6) is 4.73. The summed E-state index contributed by atoms with van der Waals surface area (Å²) in [4.78, 5) is 12.1. The summed E-state index contributed by atoms with van der Waals surface area (Å²) in [5, 5.41) is 0. The van der Waals surface area contributed by atoms with Gasteiger partial charge in [-0.2, -0.15) is 0 Å². The fourth-order valence-electron chi connectivity index (χ4n) is 7.43. The van der Waals surface area contributed by atoms with Gasteiger partial charge in [-0.3, -0.25) is 4.79 Å². The average molecular weight is 395 g/mol. The number of carbonyl (C=O) groups is 1. The van der Waals surface area contributed by atoms with Gasteiger partial charge in [-0.15, -0.1) is 0 Å². The molecular weight excluding hydrogens is 352 g/mol. The summed E-state index contributed by atoms with van der Waals surface area (Å²) in [7, 11) is 0. The smallest absolute Gasteiger partial charge is 0.136 e. The fraction of sp³-hybridized carbons (Fsp3) is 0.750. The van der Waals surface area contributed by atoms with Gasteiger partial charge in [-0.1, -0.05) is 77.0 Å². The van der Waals surface area contributed by atoms with E-state index in [1.165, 1.54) is 31.3 Å². The Labute approximate surface area is 179 Å². The van der Waals surface area contributed by atoms with Crippen LogP contribution in [0.15, 0.2) is 35.5 Å². The number of hydrogen-bond acceptors (Lipinski definition) is 1. The predicted molar refractivity (Wildman–Crippen MR) is 122 cm³/mol. The first-order chi connectivity index (χ1) is 13.7. The van der Waals surface area contributed by atoms with Crippen LogP contribution < -0.4 is 0 Å². The number of Topliss-reactive ketones (excluding diaryl/α,β-unsaturated/α-hetero) is 1. The molecule has 4 rings (SSSR count). The largest absolute Gasteiger partial charge is 0.299 e. The molecule has 0 N–H and O–H groups in total. The Morgan fingerprint density at radius 1 is 0.966 bits per heavy atom. The van der Waals surface area contributed by atoms with Gasteiger partial charge in [-0.05, 0) is 78.4 Å². The summed E-state index contributed by atoms with van der Waals surface area (Å²) in [6.07, 6.45) is 17.8. The van der Waals surface area contributed by atoms with Crippen LogP contribution in [0.2, 0.25) is 0 Å². The van der Waals surface area contributed by atoms with Crippen molar-refractivity contribution in [3.63, 3.8) is 0 Å². The van der Waals surface area contributed by atoms with Gasteiger partial charge in [0.2, 0.25) is 0 Å². The molecule has 0 radical (unpaired) electrons. The predicted octanol–water partition coefficient (Wildman–Crippen LogP) is 7.54. The van der Waals surface area contributed by atoms with Crippen LogP contribution in [0.1, 0.15) is 86.5 Å². The van der Waals surface area contributed by atoms with Gasteiger partial charge < -0.3 is 0 Å². The molecule has 1 heteroatoms. The van der Waals surface area contributed by atoms with E-state index in [1.807, 2.05) is 0 Å². The molecule has 29 heavy (non-hydrogen) atoms. The van der Waals surface area contributed by atoms with E-state index in [2.05, 4.69) is 65.8 Å². The van der Waals surface area contributed by atoms with Gasteiger partial charge in [0.1, 0.15) is 5.78 Å². The standard InChI is InChI=1S/C28H42O/c1-18(2)19(3)7-8-20(4)24-11-12-25-23-10-9-21-17-22(29)13-15-27(21,5)26(23)14-16-28(24,25)6/h7-10,18-20,24-26H,11-17H2,1-6H3/t19-,20+,24+,25-,26-,27-,28+/m0/s1. The molecule has 4 aliphatic rings. The average Bonchev–Trinajstić information content (AvgIpc) is 3.03. The van der Waals surface area contributed by atoms with E-state index in [0.29, 0.717) is 35.4 Å². The van der Waals surface area contributed by atoms with E-state index in [0.717, 1.165) is 30.6 Å². The SMILES string of the molecule is CC(C)[C@@H](C)C=C[C@@H](C)[C@H]1CC[C@H]2C3=CC=C4CC(=O)CC[C@]4(C)[C@H]3CC[C@]12C. The zero-order chi connectivity index (χ0) is 21.0. The summed E-state index contributed by atoms with van der Waals surface area (Å²) in [6, 6.07) is 0. The van der Waals surface area contributed by atoms with Crippen molar-refractivity contribution in [2.24, 2.45) is 46.3 Å².